The van der Waals surface area contributed by atoms with Crippen molar-refractivity contribution in [2.45, 2.75) is 26.3 Å². The second kappa shape index (κ2) is 9.02. The van der Waals surface area contributed by atoms with Crippen LogP contribution >= 0.6 is 0 Å². The summed E-state index contributed by atoms with van der Waals surface area (Å²) in [5.41, 5.74) is 1.08. The van der Waals surface area contributed by atoms with Gasteiger partial charge in [0.15, 0.2) is 5.96 Å². The number of amides is 1. The van der Waals surface area contributed by atoms with Crippen molar-refractivity contribution in [1.82, 2.24) is 16.0 Å². The van der Waals surface area contributed by atoms with Crippen molar-refractivity contribution in [1.29, 1.82) is 0 Å². The number of hydrogen-bond acceptors (Lipinski definition) is 3. The molecule has 6 nitrogen and oxygen atoms in total. The van der Waals surface area contributed by atoms with Crippen LogP contribution in [-0.2, 0) is 11.3 Å². The van der Waals surface area contributed by atoms with Crippen LogP contribution in [0.4, 0.5) is 0 Å². The van der Waals surface area contributed by atoms with E-state index in [2.05, 4.69) is 20.9 Å². The fourth-order valence-electron chi connectivity index (χ4n) is 2.20. The number of rotatable bonds is 8. The highest BCUT2D eigenvalue weighted by atomic mass is 16.5. The molecule has 1 saturated carbocycles. The second-order valence-electron chi connectivity index (χ2n) is 5.46. The molecule has 1 aliphatic rings. The van der Waals surface area contributed by atoms with Gasteiger partial charge in [-0.15, -0.1) is 0 Å². The van der Waals surface area contributed by atoms with Gasteiger partial charge in [0.05, 0.1) is 6.61 Å². The Kier molecular flexibility index (Phi) is 6.72. The normalized spacial score (nSPS) is 14.3. The van der Waals surface area contributed by atoms with Crippen molar-refractivity contribution in [2.75, 3.05) is 26.7 Å². The number of guanidine groups is 1. The minimum absolute atomic E-state index is 0.167. The van der Waals surface area contributed by atoms with Crippen molar-refractivity contribution in [2.24, 2.45) is 10.9 Å². The van der Waals surface area contributed by atoms with E-state index in [9.17, 15) is 4.79 Å². The summed E-state index contributed by atoms with van der Waals surface area (Å²) >= 11 is 0. The molecule has 0 bridgehead atoms. The summed E-state index contributed by atoms with van der Waals surface area (Å²) in [6.45, 7) is 4.49. The molecule has 1 amide bonds. The zero-order valence-corrected chi connectivity index (χ0v) is 13.9. The lowest BCUT2D eigenvalue weighted by Gasteiger charge is -2.14. The van der Waals surface area contributed by atoms with Crippen molar-refractivity contribution >= 4 is 11.9 Å². The summed E-state index contributed by atoms with van der Waals surface area (Å²) in [5.74, 6) is 2.01. The third-order valence-corrected chi connectivity index (χ3v) is 3.61. The fraction of sp³-hybridized carbons (Fsp3) is 0.529. The van der Waals surface area contributed by atoms with Gasteiger partial charge in [-0.05, 0) is 25.8 Å². The van der Waals surface area contributed by atoms with Crippen LogP contribution in [0, 0.1) is 5.92 Å². The first-order valence-electron chi connectivity index (χ1n) is 8.17. The maximum absolute atomic E-state index is 11.5. The number of benzene rings is 1. The van der Waals surface area contributed by atoms with Crippen LogP contribution in [0.3, 0.4) is 0 Å². The molecular weight excluding hydrogens is 292 g/mol. The number of hydrogen-bond donors (Lipinski definition) is 3. The second-order valence-corrected chi connectivity index (χ2v) is 5.46. The van der Waals surface area contributed by atoms with E-state index in [1.165, 1.54) is 0 Å². The average molecular weight is 318 g/mol. The van der Waals surface area contributed by atoms with Crippen LogP contribution in [0.2, 0.25) is 0 Å². The molecule has 1 fully saturated rings. The summed E-state index contributed by atoms with van der Waals surface area (Å²) in [6, 6.07) is 7.94. The van der Waals surface area contributed by atoms with E-state index < -0.39 is 0 Å². The zero-order chi connectivity index (χ0) is 16.5. The van der Waals surface area contributed by atoms with Crippen molar-refractivity contribution < 1.29 is 9.53 Å². The molecular formula is C17H26N4O2. The number of para-hydroxylation sites is 1. The van der Waals surface area contributed by atoms with Crippen LogP contribution in [0.15, 0.2) is 29.3 Å². The largest absolute Gasteiger partial charge is 0.494 e. The molecule has 0 heterocycles. The maximum atomic E-state index is 11.5. The van der Waals surface area contributed by atoms with Gasteiger partial charge in [-0.25, -0.2) is 0 Å². The van der Waals surface area contributed by atoms with E-state index in [0.717, 1.165) is 24.2 Å². The van der Waals surface area contributed by atoms with Crippen LogP contribution in [0.1, 0.15) is 25.3 Å². The lowest BCUT2D eigenvalue weighted by Crippen LogP contribution is -2.41. The predicted octanol–water partition coefficient (Wildman–Crippen LogP) is 1.28. The molecule has 6 heteroatoms. The minimum atomic E-state index is 0.167. The Labute approximate surface area is 137 Å². The van der Waals surface area contributed by atoms with E-state index in [0.29, 0.717) is 32.2 Å². The fourth-order valence-corrected chi connectivity index (χ4v) is 2.20. The van der Waals surface area contributed by atoms with Crippen LogP contribution in [-0.4, -0.2) is 38.6 Å². The van der Waals surface area contributed by atoms with E-state index in [1.54, 1.807) is 7.05 Å². The third-order valence-electron chi connectivity index (χ3n) is 3.61. The Morgan fingerprint density at radius 1 is 1.22 bits per heavy atom. The van der Waals surface area contributed by atoms with E-state index >= 15 is 0 Å². The van der Waals surface area contributed by atoms with Crippen molar-refractivity contribution in [3.8, 4) is 5.75 Å². The van der Waals surface area contributed by atoms with Crippen LogP contribution in [0.25, 0.3) is 0 Å². The third kappa shape index (κ3) is 5.81. The molecule has 0 saturated heterocycles. The van der Waals surface area contributed by atoms with Crippen molar-refractivity contribution in [3.05, 3.63) is 29.8 Å². The Morgan fingerprint density at radius 3 is 2.65 bits per heavy atom. The zero-order valence-electron chi connectivity index (χ0n) is 13.9. The number of nitrogens with one attached hydrogen (secondary N) is 3. The molecule has 0 atom stereocenters. The number of ether oxygens (including phenoxy) is 1. The van der Waals surface area contributed by atoms with Crippen LogP contribution in [0.5, 0.6) is 5.75 Å². The van der Waals surface area contributed by atoms with Gasteiger partial charge < -0.3 is 20.7 Å². The number of carbonyl (C=O) groups is 1. The quantitative estimate of drug-likeness (QED) is 0.383. The highest BCUT2D eigenvalue weighted by molar-refractivity contribution is 5.81. The maximum Gasteiger partial charge on any atom is 0.223 e. The molecule has 1 aromatic carbocycles. The Balaban J connectivity index is 1.71. The van der Waals surface area contributed by atoms with E-state index in [1.807, 2.05) is 31.2 Å². The number of carbonyl (C=O) groups excluding carboxylic acids is 1. The monoisotopic (exact) mass is 318 g/mol. The highest BCUT2D eigenvalue weighted by Crippen LogP contribution is 2.28. The summed E-state index contributed by atoms with van der Waals surface area (Å²) in [6.07, 6.45) is 2.06. The van der Waals surface area contributed by atoms with Gasteiger partial charge in [0, 0.05) is 38.2 Å². The lowest BCUT2D eigenvalue weighted by atomic mass is 10.2. The topological polar surface area (TPSA) is 74.8 Å². The summed E-state index contributed by atoms with van der Waals surface area (Å²) in [7, 11) is 1.73. The molecule has 1 aromatic rings. The van der Waals surface area contributed by atoms with Gasteiger partial charge >= 0.3 is 0 Å². The molecule has 0 radical (unpaired) electrons. The van der Waals surface area contributed by atoms with Crippen molar-refractivity contribution in [3.63, 3.8) is 0 Å². The summed E-state index contributed by atoms with van der Waals surface area (Å²) in [4.78, 5) is 15.7. The van der Waals surface area contributed by atoms with E-state index in [-0.39, 0.29) is 11.8 Å². The Hall–Kier alpha value is -2.24. The number of aliphatic imine (C=N–C) groups is 1. The number of nitrogens with zero attached hydrogens (tertiary/aromatic N) is 1. The van der Waals surface area contributed by atoms with E-state index in [4.69, 9.17) is 4.74 Å². The van der Waals surface area contributed by atoms with Crippen LogP contribution < -0.4 is 20.7 Å². The first-order valence-corrected chi connectivity index (χ1v) is 8.17. The van der Waals surface area contributed by atoms with Gasteiger partial charge in [0.1, 0.15) is 5.75 Å². The van der Waals surface area contributed by atoms with Gasteiger partial charge in [0.25, 0.3) is 0 Å². The lowest BCUT2D eigenvalue weighted by molar-refractivity contribution is -0.122. The first-order chi connectivity index (χ1) is 11.2. The Morgan fingerprint density at radius 2 is 1.96 bits per heavy atom. The molecule has 23 heavy (non-hydrogen) atoms. The SMILES string of the molecule is CCOc1ccccc1CNC(=NC)NCCNC(=O)C1CC1. The average Bonchev–Trinajstić information content (AvgIpc) is 3.40. The van der Waals surface area contributed by atoms with Gasteiger partial charge in [-0.2, -0.15) is 0 Å². The highest BCUT2D eigenvalue weighted by Gasteiger charge is 2.28. The molecule has 0 aromatic heterocycles. The smallest absolute Gasteiger partial charge is 0.223 e. The van der Waals surface area contributed by atoms with Gasteiger partial charge in [-0.3, -0.25) is 9.79 Å². The molecule has 0 spiro atoms. The van der Waals surface area contributed by atoms with Gasteiger partial charge in [0.2, 0.25) is 5.91 Å². The summed E-state index contributed by atoms with van der Waals surface area (Å²) < 4.78 is 5.61. The molecule has 3 N–H and O–H groups in total. The molecule has 1 aliphatic carbocycles. The molecule has 2 rings (SSSR count). The molecule has 0 unspecified atom stereocenters. The predicted molar refractivity (Wildman–Crippen MR) is 91.5 cm³/mol. The Bertz CT molecular complexity index is 541. The summed E-state index contributed by atoms with van der Waals surface area (Å²) in [5, 5.41) is 9.36. The molecule has 126 valence electrons. The van der Waals surface area contributed by atoms with Gasteiger partial charge in [-0.1, -0.05) is 18.2 Å². The molecule has 0 aliphatic heterocycles. The minimum Gasteiger partial charge on any atom is -0.494 e. The first kappa shape index (κ1) is 17.1. The standard InChI is InChI=1S/C17H26N4O2/c1-3-23-15-7-5-4-6-14(15)12-21-17(18-2)20-11-10-19-16(22)13-8-9-13/h4-7,13H,3,8-12H2,1-2H3,(H,19,22)(H2,18,20,21).